The predicted octanol–water partition coefficient (Wildman–Crippen LogP) is 4.33. The summed E-state index contributed by atoms with van der Waals surface area (Å²) in [5.41, 5.74) is 4.67. The summed E-state index contributed by atoms with van der Waals surface area (Å²) in [4.78, 5) is 8.50. The summed E-state index contributed by atoms with van der Waals surface area (Å²) in [5.74, 6) is 0. The van der Waals surface area contributed by atoms with Crippen molar-refractivity contribution in [3.63, 3.8) is 0 Å². The Morgan fingerprint density at radius 3 is 1.26 bits per heavy atom. The maximum Gasteiger partial charge on any atom is 0.154 e. The van der Waals surface area contributed by atoms with E-state index in [2.05, 4.69) is 101 Å². The molecule has 1 radical (unpaired) electrons. The van der Waals surface area contributed by atoms with Gasteiger partial charge in [-0.25, -0.2) is 0 Å². The standard InChI is InChI=1S/C28H21N2Si/c1-2-8-26(9-3-1)31(27-14-10-22(11-15-27)24-6-4-18-29-20-24)28-16-12-23(13-17-28)25-7-5-19-30-21-25/h1-21H. The van der Waals surface area contributed by atoms with Crippen LogP contribution in [0.1, 0.15) is 0 Å². The number of pyridine rings is 2. The number of hydrogen-bond acceptors (Lipinski definition) is 2. The first kappa shape index (κ1) is 19.2. The Morgan fingerprint density at radius 1 is 0.387 bits per heavy atom. The average Bonchev–Trinajstić information content (AvgIpc) is 2.87. The highest BCUT2D eigenvalue weighted by atomic mass is 28.3. The van der Waals surface area contributed by atoms with E-state index in [4.69, 9.17) is 0 Å². The van der Waals surface area contributed by atoms with Crippen molar-refractivity contribution < 1.29 is 0 Å². The van der Waals surface area contributed by atoms with E-state index in [1.165, 1.54) is 26.7 Å². The molecule has 2 nitrogen and oxygen atoms in total. The molecule has 0 aliphatic heterocycles. The SMILES string of the molecule is c1ccc([Si](c2ccc(-c3cccnc3)cc2)c2ccc(-c3cccnc3)cc2)cc1. The van der Waals surface area contributed by atoms with E-state index in [9.17, 15) is 0 Å². The van der Waals surface area contributed by atoms with Crippen molar-refractivity contribution >= 4 is 24.4 Å². The Balaban J connectivity index is 1.52. The number of rotatable bonds is 5. The van der Waals surface area contributed by atoms with E-state index in [-0.39, 0.29) is 0 Å². The Kier molecular flexibility index (Phi) is 5.50. The molecule has 2 heterocycles. The molecular weight excluding hydrogens is 392 g/mol. The van der Waals surface area contributed by atoms with Crippen LogP contribution in [0.15, 0.2) is 128 Å². The molecule has 0 unspecified atom stereocenters. The minimum Gasteiger partial charge on any atom is -0.264 e. The summed E-state index contributed by atoms with van der Waals surface area (Å²) in [6.45, 7) is 0. The van der Waals surface area contributed by atoms with Crippen molar-refractivity contribution in [1.29, 1.82) is 0 Å². The molecular formula is C28H21N2Si. The monoisotopic (exact) mass is 413 g/mol. The van der Waals surface area contributed by atoms with Crippen LogP contribution in [0.5, 0.6) is 0 Å². The van der Waals surface area contributed by atoms with E-state index in [1.807, 2.05) is 36.9 Å². The van der Waals surface area contributed by atoms with Gasteiger partial charge in [0.2, 0.25) is 0 Å². The first-order chi connectivity index (χ1) is 15.4. The van der Waals surface area contributed by atoms with Gasteiger partial charge < -0.3 is 0 Å². The van der Waals surface area contributed by atoms with Crippen molar-refractivity contribution in [3.8, 4) is 22.3 Å². The molecule has 3 aromatic carbocycles. The van der Waals surface area contributed by atoms with Crippen molar-refractivity contribution in [2.75, 3.05) is 0 Å². The summed E-state index contributed by atoms with van der Waals surface area (Å²) >= 11 is 0. The molecule has 5 rings (SSSR count). The fourth-order valence-electron chi connectivity index (χ4n) is 3.83. The lowest BCUT2D eigenvalue weighted by atomic mass is 10.1. The topological polar surface area (TPSA) is 25.8 Å². The molecule has 0 saturated heterocycles. The molecule has 0 amide bonds. The Labute approximate surface area is 184 Å². The lowest BCUT2D eigenvalue weighted by Crippen LogP contribution is -2.51. The zero-order chi connectivity index (χ0) is 20.9. The molecule has 0 atom stereocenters. The molecule has 0 aliphatic carbocycles. The van der Waals surface area contributed by atoms with Gasteiger partial charge in [0.1, 0.15) is 0 Å². The van der Waals surface area contributed by atoms with Crippen LogP contribution in [-0.2, 0) is 0 Å². The minimum atomic E-state index is -1.10. The van der Waals surface area contributed by atoms with Crippen molar-refractivity contribution in [2.24, 2.45) is 0 Å². The van der Waals surface area contributed by atoms with Crippen LogP contribution in [-0.4, -0.2) is 18.8 Å². The third-order valence-electron chi connectivity index (χ3n) is 5.40. The first-order valence-electron chi connectivity index (χ1n) is 10.3. The normalized spacial score (nSPS) is 10.9. The third-order valence-corrected chi connectivity index (χ3v) is 8.13. The number of nitrogens with zero attached hydrogens (tertiary/aromatic N) is 2. The van der Waals surface area contributed by atoms with E-state index < -0.39 is 8.80 Å². The summed E-state index contributed by atoms with van der Waals surface area (Å²) in [5, 5.41) is 4.13. The molecule has 0 aliphatic rings. The number of aromatic nitrogens is 2. The second-order valence-electron chi connectivity index (χ2n) is 7.38. The van der Waals surface area contributed by atoms with Crippen molar-refractivity contribution in [2.45, 2.75) is 0 Å². The summed E-state index contributed by atoms with van der Waals surface area (Å²) in [7, 11) is -1.10. The van der Waals surface area contributed by atoms with Gasteiger partial charge in [0.25, 0.3) is 0 Å². The molecule has 147 valence electrons. The van der Waals surface area contributed by atoms with E-state index >= 15 is 0 Å². The molecule has 31 heavy (non-hydrogen) atoms. The fourth-order valence-corrected chi connectivity index (χ4v) is 6.36. The zero-order valence-corrected chi connectivity index (χ0v) is 18.0. The molecule has 5 aromatic rings. The molecule has 0 saturated carbocycles. The van der Waals surface area contributed by atoms with Crippen molar-refractivity contribution in [1.82, 2.24) is 9.97 Å². The maximum atomic E-state index is 4.25. The van der Waals surface area contributed by atoms with Crippen LogP contribution in [0.3, 0.4) is 0 Å². The van der Waals surface area contributed by atoms with E-state index in [0.717, 1.165) is 11.1 Å². The maximum absolute atomic E-state index is 4.25. The molecule has 3 heteroatoms. The van der Waals surface area contributed by atoms with Crippen LogP contribution in [0.4, 0.5) is 0 Å². The van der Waals surface area contributed by atoms with Crippen LogP contribution in [0.2, 0.25) is 0 Å². The van der Waals surface area contributed by atoms with Gasteiger partial charge in [-0.3, -0.25) is 9.97 Å². The van der Waals surface area contributed by atoms with Gasteiger partial charge in [0.15, 0.2) is 8.80 Å². The Bertz CT molecular complexity index is 1150. The lowest BCUT2D eigenvalue weighted by Gasteiger charge is -2.17. The zero-order valence-electron chi connectivity index (χ0n) is 17.0. The summed E-state index contributed by atoms with van der Waals surface area (Å²) < 4.78 is 0. The fraction of sp³-hybridized carbons (Fsp3) is 0. The van der Waals surface area contributed by atoms with Crippen LogP contribution < -0.4 is 15.6 Å². The van der Waals surface area contributed by atoms with E-state index in [0.29, 0.717) is 0 Å². The summed E-state index contributed by atoms with van der Waals surface area (Å²) in [6, 6.07) is 37.0. The van der Waals surface area contributed by atoms with Crippen LogP contribution in [0.25, 0.3) is 22.3 Å². The van der Waals surface area contributed by atoms with Gasteiger partial charge in [0, 0.05) is 24.8 Å². The molecule has 0 fully saturated rings. The third kappa shape index (κ3) is 4.23. The highest BCUT2D eigenvalue weighted by Crippen LogP contribution is 2.18. The molecule has 0 spiro atoms. The van der Waals surface area contributed by atoms with Crippen LogP contribution >= 0.6 is 0 Å². The second-order valence-corrected chi connectivity index (χ2v) is 9.86. The first-order valence-corrected chi connectivity index (χ1v) is 11.8. The van der Waals surface area contributed by atoms with Gasteiger partial charge in [-0.2, -0.15) is 0 Å². The number of benzene rings is 3. The Morgan fingerprint density at radius 2 is 0.839 bits per heavy atom. The van der Waals surface area contributed by atoms with E-state index in [1.54, 1.807) is 0 Å². The highest BCUT2D eigenvalue weighted by Gasteiger charge is 2.19. The summed E-state index contributed by atoms with van der Waals surface area (Å²) in [6.07, 6.45) is 7.44. The Hall–Kier alpha value is -3.82. The quantitative estimate of drug-likeness (QED) is 0.317. The predicted molar refractivity (Wildman–Crippen MR) is 130 cm³/mol. The van der Waals surface area contributed by atoms with Crippen LogP contribution in [0, 0.1) is 0 Å². The lowest BCUT2D eigenvalue weighted by molar-refractivity contribution is 1.33. The average molecular weight is 414 g/mol. The van der Waals surface area contributed by atoms with Gasteiger partial charge in [-0.15, -0.1) is 0 Å². The van der Waals surface area contributed by atoms with Crippen molar-refractivity contribution in [3.05, 3.63) is 128 Å². The largest absolute Gasteiger partial charge is 0.264 e. The van der Waals surface area contributed by atoms with Gasteiger partial charge >= 0.3 is 0 Å². The molecule has 2 aromatic heterocycles. The highest BCUT2D eigenvalue weighted by molar-refractivity contribution is 6.95. The minimum absolute atomic E-state index is 1.10. The van der Waals surface area contributed by atoms with Gasteiger partial charge in [-0.1, -0.05) is 107 Å². The smallest absolute Gasteiger partial charge is 0.154 e. The van der Waals surface area contributed by atoms with Gasteiger partial charge in [-0.05, 0) is 34.4 Å². The second kappa shape index (κ2) is 8.90. The number of hydrogen-bond donors (Lipinski definition) is 0. The molecule has 0 N–H and O–H groups in total. The van der Waals surface area contributed by atoms with Gasteiger partial charge in [0.05, 0.1) is 0 Å². The molecule has 0 bridgehead atoms.